The molecule has 1 aromatic rings. The highest BCUT2D eigenvalue weighted by molar-refractivity contribution is 9.10. The van der Waals surface area contributed by atoms with E-state index in [0.29, 0.717) is 6.04 Å². The summed E-state index contributed by atoms with van der Waals surface area (Å²) in [5.74, 6) is 1.87. The monoisotopic (exact) mass is 311 g/mol. The van der Waals surface area contributed by atoms with E-state index in [1.807, 2.05) is 12.1 Å². The molecule has 0 unspecified atom stereocenters. The van der Waals surface area contributed by atoms with Gasteiger partial charge in [-0.15, -0.1) is 0 Å². The summed E-state index contributed by atoms with van der Waals surface area (Å²) in [5, 5.41) is 3.66. The van der Waals surface area contributed by atoms with E-state index >= 15 is 0 Å². The minimum atomic E-state index is 0.671. The van der Waals surface area contributed by atoms with E-state index in [1.165, 1.54) is 31.2 Å². The van der Waals surface area contributed by atoms with Gasteiger partial charge in [-0.1, -0.05) is 22.9 Å². The Balaban J connectivity index is 1.91. The maximum Gasteiger partial charge on any atom is 0.123 e. The molecule has 1 fully saturated rings. The van der Waals surface area contributed by atoms with Crippen LogP contribution in [-0.4, -0.2) is 13.2 Å². The highest BCUT2D eigenvalue weighted by Gasteiger charge is 2.17. The fraction of sp³-hybridized carbons (Fsp3) is 0.600. The van der Waals surface area contributed by atoms with Crippen LogP contribution >= 0.6 is 15.9 Å². The Morgan fingerprint density at radius 1 is 1.28 bits per heavy atom. The molecule has 1 saturated carbocycles. The Kier molecular flexibility index (Phi) is 5.07. The van der Waals surface area contributed by atoms with Crippen molar-refractivity contribution in [1.82, 2.24) is 5.32 Å². The lowest BCUT2D eigenvalue weighted by molar-refractivity contribution is 0.305. The normalized spacial score (nSPS) is 23.9. The first-order valence-electron chi connectivity index (χ1n) is 6.75. The fourth-order valence-electron chi connectivity index (χ4n) is 2.60. The summed E-state index contributed by atoms with van der Waals surface area (Å²) in [5.41, 5.74) is 1.23. The van der Waals surface area contributed by atoms with Crippen molar-refractivity contribution >= 4 is 15.9 Å². The van der Waals surface area contributed by atoms with E-state index in [-0.39, 0.29) is 0 Å². The summed E-state index contributed by atoms with van der Waals surface area (Å²) in [6, 6.07) is 6.84. The van der Waals surface area contributed by atoms with Crippen LogP contribution in [0.3, 0.4) is 0 Å². The number of nitrogens with one attached hydrogen (secondary N) is 1. The van der Waals surface area contributed by atoms with Crippen molar-refractivity contribution in [2.24, 2.45) is 5.92 Å². The van der Waals surface area contributed by atoms with Crippen LogP contribution in [-0.2, 0) is 6.54 Å². The Morgan fingerprint density at radius 2 is 2.00 bits per heavy atom. The minimum absolute atomic E-state index is 0.671. The first kappa shape index (κ1) is 13.9. The van der Waals surface area contributed by atoms with E-state index in [4.69, 9.17) is 4.74 Å². The molecular weight excluding hydrogens is 290 g/mol. The van der Waals surface area contributed by atoms with Crippen LogP contribution in [0.2, 0.25) is 0 Å². The van der Waals surface area contributed by atoms with E-state index in [2.05, 4.69) is 34.2 Å². The highest BCUT2D eigenvalue weighted by atomic mass is 79.9. The molecule has 100 valence electrons. The quantitative estimate of drug-likeness (QED) is 0.903. The van der Waals surface area contributed by atoms with Crippen LogP contribution in [0.1, 0.15) is 38.2 Å². The average molecular weight is 312 g/mol. The van der Waals surface area contributed by atoms with Crippen molar-refractivity contribution in [2.45, 2.75) is 45.2 Å². The van der Waals surface area contributed by atoms with Crippen molar-refractivity contribution in [3.8, 4) is 5.75 Å². The topological polar surface area (TPSA) is 21.3 Å². The molecule has 2 rings (SSSR count). The molecular formula is C15H22BrNO. The third-order valence-corrected chi connectivity index (χ3v) is 4.33. The molecule has 18 heavy (non-hydrogen) atoms. The molecule has 1 aromatic carbocycles. The molecule has 0 aliphatic heterocycles. The zero-order valence-corrected chi connectivity index (χ0v) is 12.8. The summed E-state index contributed by atoms with van der Waals surface area (Å²) in [4.78, 5) is 0. The van der Waals surface area contributed by atoms with Gasteiger partial charge in [0.25, 0.3) is 0 Å². The zero-order valence-electron chi connectivity index (χ0n) is 11.2. The zero-order chi connectivity index (χ0) is 13.0. The van der Waals surface area contributed by atoms with Gasteiger partial charge in [-0.25, -0.2) is 0 Å². The molecule has 0 atom stereocenters. The van der Waals surface area contributed by atoms with E-state index in [9.17, 15) is 0 Å². The largest absolute Gasteiger partial charge is 0.496 e. The molecule has 1 N–H and O–H groups in total. The summed E-state index contributed by atoms with van der Waals surface area (Å²) in [6.45, 7) is 3.25. The lowest BCUT2D eigenvalue weighted by Crippen LogP contribution is -2.32. The molecule has 0 amide bonds. The van der Waals surface area contributed by atoms with E-state index in [0.717, 1.165) is 22.7 Å². The fourth-order valence-corrected chi connectivity index (χ4v) is 3.01. The van der Waals surface area contributed by atoms with E-state index < -0.39 is 0 Å². The van der Waals surface area contributed by atoms with Gasteiger partial charge in [-0.3, -0.25) is 0 Å². The molecule has 0 aromatic heterocycles. The maximum atomic E-state index is 5.40. The summed E-state index contributed by atoms with van der Waals surface area (Å²) in [7, 11) is 1.73. The van der Waals surface area contributed by atoms with Crippen LogP contribution in [0.15, 0.2) is 22.7 Å². The van der Waals surface area contributed by atoms with Gasteiger partial charge in [-0.05, 0) is 49.8 Å². The molecule has 3 heteroatoms. The number of rotatable bonds is 4. The Hall–Kier alpha value is -0.540. The standard InChI is InChI=1S/C15H22BrNO/c1-11-3-6-14(7-4-11)17-10-12-9-13(16)5-8-15(12)18-2/h5,8-9,11,14,17H,3-4,6-7,10H2,1-2H3. The number of methoxy groups -OCH3 is 1. The number of halogens is 1. The first-order valence-corrected chi connectivity index (χ1v) is 7.54. The van der Waals surface area contributed by atoms with Crippen molar-refractivity contribution in [3.05, 3.63) is 28.2 Å². The minimum Gasteiger partial charge on any atom is -0.496 e. The molecule has 0 radical (unpaired) electrons. The second-order valence-corrected chi connectivity index (χ2v) is 6.21. The predicted molar refractivity (Wildman–Crippen MR) is 79.0 cm³/mol. The second kappa shape index (κ2) is 6.58. The smallest absolute Gasteiger partial charge is 0.123 e. The van der Waals surface area contributed by atoms with Crippen molar-refractivity contribution in [2.75, 3.05) is 7.11 Å². The molecule has 0 saturated heterocycles. The van der Waals surface area contributed by atoms with Crippen LogP contribution in [0.5, 0.6) is 5.75 Å². The number of ether oxygens (including phenoxy) is 1. The second-order valence-electron chi connectivity index (χ2n) is 5.29. The molecule has 0 heterocycles. The van der Waals surface area contributed by atoms with Crippen LogP contribution in [0.25, 0.3) is 0 Å². The lowest BCUT2D eigenvalue weighted by Gasteiger charge is -2.27. The number of hydrogen-bond donors (Lipinski definition) is 1. The first-order chi connectivity index (χ1) is 8.69. The van der Waals surface area contributed by atoms with E-state index in [1.54, 1.807) is 7.11 Å². The molecule has 0 bridgehead atoms. The van der Waals surface area contributed by atoms with Gasteiger partial charge < -0.3 is 10.1 Å². The van der Waals surface area contributed by atoms with Gasteiger partial charge >= 0.3 is 0 Å². The van der Waals surface area contributed by atoms with Crippen molar-refractivity contribution in [3.63, 3.8) is 0 Å². The van der Waals surface area contributed by atoms with Gasteiger partial charge in [0.15, 0.2) is 0 Å². The van der Waals surface area contributed by atoms with Gasteiger partial charge in [0, 0.05) is 22.6 Å². The summed E-state index contributed by atoms with van der Waals surface area (Å²) >= 11 is 3.52. The third-order valence-electron chi connectivity index (χ3n) is 3.84. The molecule has 2 nitrogen and oxygen atoms in total. The Labute approximate surface area is 118 Å². The summed E-state index contributed by atoms with van der Waals surface area (Å²) in [6.07, 6.45) is 5.32. The lowest BCUT2D eigenvalue weighted by atomic mass is 9.87. The third kappa shape index (κ3) is 3.72. The van der Waals surface area contributed by atoms with Crippen LogP contribution < -0.4 is 10.1 Å². The summed E-state index contributed by atoms with van der Waals surface area (Å²) < 4.78 is 6.51. The number of benzene rings is 1. The maximum absolute atomic E-state index is 5.40. The van der Waals surface area contributed by atoms with Gasteiger partial charge in [-0.2, -0.15) is 0 Å². The van der Waals surface area contributed by atoms with Crippen LogP contribution in [0, 0.1) is 5.92 Å². The average Bonchev–Trinajstić information content (AvgIpc) is 2.38. The Morgan fingerprint density at radius 3 is 2.67 bits per heavy atom. The SMILES string of the molecule is COc1ccc(Br)cc1CNC1CCC(C)CC1. The Bertz CT molecular complexity index is 386. The van der Waals surface area contributed by atoms with Gasteiger partial charge in [0.1, 0.15) is 5.75 Å². The van der Waals surface area contributed by atoms with Gasteiger partial charge in [0.05, 0.1) is 7.11 Å². The highest BCUT2D eigenvalue weighted by Crippen LogP contribution is 2.26. The molecule has 1 aliphatic rings. The van der Waals surface area contributed by atoms with Crippen LogP contribution in [0.4, 0.5) is 0 Å². The molecule has 1 aliphatic carbocycles. The van der Waals surface area contributed by atoms with Gasteiger partial charge in [0.2, 0.25) is 0 Å². The molecule has 0 spiro atoms. The van der Waals surface area contributed by atoms with Crippen molar-refractivity contribution < 1.29 is 4.74 Å². The number of hydrogen-bond acceptors (Lipinski definition) is 2. The predicted octanol–water partition coefficient (Wildman–Crippen LogP) is 4.13. The van der Waals surface area contributed by atoms with Crippen molar-refractivity contribution in [1.29, 1.82) is 0 Å².